The molecule has 0 aromatic carbocycles. The fourth-order valence-corrected chi connectivity index (χ4v) is 2.29. The van der Waals surface area contributed by atoms with Gasteiger partial charge in [0.1, 0.15) is 17.8 Å². The number of nitrogens with zero attached hydrogens (tertiary/aromatic N) is 2. The molecule has 104 valence electrons. The summed E-state index contributed by atoms with van der Waals surface area (Å²) in [6.45, 7) is 4.05. The van der Waals surface area contributed by atoms with Crippen LogP contribution in [-0.4, -0.2) is 40.7 Å². The third-order valence-corrected chi connectivity index (χ3v) is 3.34. The first-order valence-electron chi connectivity index (χ1n) is 6.29. The maximum absolute atomic E-state index is 12.1. The van der Waals surface area contributed by atoms with E-state index in [1.54, 1.807) is 6.07 Å². The van der Waals surface area contributed by atoms with Gasteiger partial charge in [0.2, 0.25) is 5.43 Å². The zero-order valence-electron chi connectivity index (χ0n) is 10.8. The van der Waals surface area contributed by atoms with E-state index in [0.29, 0.717) is 23.8 Å². The van der Waals surface area contributed by atoms with E-state index in [9.17, 15) is 9.59 Å². The highest BCUT2D eigenvalue weighted by Crippen LogP contribution is 2.31. The third-order valence-electron chi connectivity index (χ3n) is 3.34. The van der Waals surface area contributed by atoms with Gasteiger partial charge >= 0.3 is 5.97 Å². The number of pyridine rings is 2. The van der Waals surface area contributed by atoms with Crippen molar-refractivity contribution in [2.75, 3.05) is 24.6 Å². The number of aromatic amines is 1. The van der Waals surface area contributed by atoms with Crippen LogP contribution in [0.2, 0.25) is 0 Å². The van der Waals surface area contributed by atoms with E-state index in [4.69, 9.17) is 9.84 Å². The maximum atomic E-state index is 12.1. The van der Waals surface area contributed by atoms with E-state index in [2.05, 4.69) is 9.97 Å². The molecule has 0 amide bonds. The van der Waals surface area contributed by atoms with Crippen molar-refractivity contribution in [2.24, 2.45) is 0 Å². The molecule has 0 saturated heterocycles. The Labute approximate surface area is 113 Å². The van der Waals surface area contributed by atoms with Crippen molar-refractivity contribution in [3.63, 3.8) is 0 Å². The second-order valence-corrected chi connectivity index (χ2v) is 4.47. The van der Waals surface area contributed by atoms with Gasteiger partial charge < -0.3 is 19.7 Å². The number of H-pyrrole nitrogens is 1. The van der Waals surface area contributed by atoms with Gasteiger partial charge in [0.05, 0.1) is 11.9 Å². The van der Waals surface area contributed by atoms with Gasteiger partial charge in [-0.25, -0.2) is 9.78 Å². The number of hydrogen-bond donors (Lipinski definition) is 2. The van der Waals surface area contributed by atoms with Crippen LogP contribution in [0.4, 0.5) is 5.82 Å². The molecule has 7 nitrogen and oxygen atoms in total. The minimum Gasteiger partial charge on any atom is -0.488 e. The van der Waals surface area contributed by atoms with Gasteiger partial charge in [-0.05, 0) is 13.0 Å². The number of carboxylic acid groups (broad SMARTS) is 1. The lowest BCUT2D eigenvalue weighted by Crippen LogP contribution is -2.33. The molecule has 7 heteroatoms. The summed E-state index contributed by atoms with van der Waals surface area (Å²) in [6.07, 6.45) is 1.17. The molecule has 2 aromatic heterocycles. The molecule has 0 radical (unpaired) electrons. The first kappa shape index (κ1) is 12.5. The molecule has 0 saturated carbocycles. The summed E-state index contributed by atoms with van der Waals surface area (Å²) in [5, 5.41) is 9.19. The van der Waals surface area contributed by atoms with Crippen molar-refractivity contribution >= 4 is 22.8 Å². The van der Waals surface area contributed by atoms with E-state index in [0.717, 1.165) is 13.1 Å². The molecule has 0 bridgehead atoms. The van der Waals surface area contributed by atoms with E-state index in [1.807, 2.05) is 11.8 Å². The van der Waals surface area contributed by atoms with E-state index >= 15 is 0 Å². The standard InChI is InChI=1S/C13H13N3O4/c1-2-16-3-4-20-9-5-7-10(17)8(13(18)19)6-14-11(7)15-12(9)16/h5-6H,2-4H2,1H3,(H,18,19)(H,14,15,17). The van der Waals surface area contributed by atoms with E-state index in [1.165, 1.54) is 6.20 Å². The summed E-state index contributed by atoms with van der Waals surface area (Å²) in [7, 11) is 0. The monoisotopic (exact) mass is 275 g/mol. The molecule has 0 fully saturated rings. The number of rotatable bonds is 2. The molecule has 0 spiro atoms. The molecule has 0 unspecified atom stereocenters. The second-order valence-electron chi connectivity index (χ2n) is 4.47. The zero-order valence-corrected chi connectivity index (χ0v) is 10.8. The van der Waals surface area contributed by atoms with Gasteiger partial charge in [-0.1, -0.05) is 0 Å². The van der Waals surface area contributed by atoms with Gasteiger partial charge in [0, 0.05) is 12.7 Å². The Hall–Kier alpha value is -2.57. The van der Waals surface area contributed by atoms with Gasteiger partial charge in [0.25, 0.3) is 0 Å². The van der Waals surface area contributed by atoms with Crippen LogP contribution in [-0.2, 0) is 0 Å². The highest BCUT2D eigenvalue weighted by Gasteiger charge is 2.21. The highest BCUT2D eigenvalue weighted by atomic mass is 16.5. The zero-order chi connectivity index (χ0) is 14.3. The van der Waals surface area contributed by atoms with Crippen LogP contribution in [0, 0.1) is 0 Å². The average Bonchev–Trinajstić information content (AvgIpc) is 2.45. The number of hydrogen-bond acceptors (Lipinski definition) is 5. The normalized spacial score (nSPS) is 13.9. The molecule has 0 atom stereocenters. The molecule has 1 aliphatic rings. The Morgan fingerprint density at radius 1 is 1.60 bits per heavy atom. The molecule has 3 heterocycles. The van der Waals surface area contributed by atoms with Crippen LogP contribution < -0.4 is 15.1 Å². The maximum Gasteiger partial charge on any atom is 0.341 e. The fraction of sp³-hybridized carbons (Fsp3) is 0.308. The number of nitrogens with one attached hydrogen (secondary N) is 1. The van der Waals surface area contributed by atoms with Crippen molar-refractivity contribution in [2.45, 2.75) is 6.92 Å². The Balaban J connectivity index is 2.27. The molecule has 2 N–H and O–H groups in total. The van der Waals surface area contributed by atoms with Crippen LogP contribution in [0.3, 0.4) is 0 Å². The van der Waals surface area contributed by atoms with Gasteiger partial charge in [-0.15, -0.1) is 0 Å². The van der Waals surface area contributed by atoms with Gasteiger partial charge in [0.15, 0.2) is 11.6 Å². The Bertz CT molecular complexity index is 753. The van der Waals surface area contributed by atoms with Crippen molar-refractivity contribution in [1.29, 1.82) is 0 Å². The molecular formula is C13H13N3O4. The Morgan fingerprint density at radius 2 is 2.40 bits per heavy atom. The number of likely N-dealkylation sites (N-methyl/N-ethyl adjacent to an activating group) is 1. The number of aromatic carboxylic acids is 1. The predicted molar refractivity (Wildman–Crippen MR) is 72.7 cm³/mol. The first-order valence-corrected chi connectivity index (χ1v) is 6.29. The van der Waals surface area contributed by atoms with Crippen LogP contribution in [0.15, 0.2) is 17.1 Å². The largest absolute Gasteiger partial charge is 0.488 e. The Kier molecular flexibility index (Phi) is 2.81. The average molecular weight is 275 g/mol. The molecule has 1 aliphatic heterocycles. The summed E-state index contributed by atoms with van der Waals surface area (Å²) in [5.74, 6) is -0.0782. The minimum absolute atomic E-state index is 0.224. The summed E-state index contributed by atoms with van der Waals surface area (Å²) in [4.78, 5) is 32.3. The molecule has 0 aliphatic carbocycles. The molecular weight excluding hydrogens is 262 g/mol. The number of ether oxygens (including phenoxy) is 1. The lowest BCUT2D eigenvalue weighted by atomic mass is 10.2. The Morgan fingerprint density at radius 3 is 3.10 bits per heavy atom. The van der Waals surface area contributed by atoms with Crippen molar-refractivity contribution < 1.29 is 14.6 Å². The second kappa shape index (κ2) is 4.52. The van der Waals surface area contributed by atoms with Crippen LogP contribution >= 0.6 is 0 Å². The molecule has 3 rings (SSSR count). The van der Waals surface area contributed by atoms with Gasteiger partial charge in [-0.2, -0.15) is 0 Å². The van der Waals surface area contributed by atoms with Crippen LogP contribution in [0.5, 0.6) is 5.75 Å². The summed E-state index contributed by atoms with van der Waals surface area (Å²) < 4.78 is 5.51. The smallest absolute Gasteiger partial charge is 0.341 e. The van der Waals surface area contributed by atoms with Crippen molar-refractivity contribution in [3.8, 4) is 5.75 Å². The number of carbonyl (C=O) groups is 1. The fourth-order valence-electron chi connectivity index (χ4n) is 2.29. The quantitative estimate of drug-likeness (QED) is 0.843. The predicted octanol–water partition coefficient (Wildman–Crippen LogP) is 0.840. The molecule has 20 heavy (non-hydrogen) atoms. The lowest BCUT2D eigenvalue weighted by Gasteiger charge is -2.29. The van der Waals surface area contributed by atoms with Crippen LogP contribution in [0.25, 0.3) is 11.0 Å². The number of anilines is 1. The first-order chi connectivity index (χ1) is 9.61. The van der Waals surface area contributed by atoms with Crippen LogP contribution in [0.1, 0.15) is 17.3 Å². The lowest BCUT2D eigenvalue weighted by molar-refractivity contribution is 0.0695. The SMILES string of the molecule is CCN1CCOc2cc3c(=O)c(C(=O)O)c[nH]c3nc21. The van der Waals surface area contributed by atoms with E-state index < -0.39 is 11.4 Å². The third kappa shape index (κ3) is 1.78. The number of aromatic nitrogens is 2. The molecule has 2 aromatic rings. The van der Waals surface area contributed by atoms with Crippen molar-refractivity contribution in [1.82, 2.24) is 9.97 Å². The topological polar surface area (TPSA) is 95.5 Å². The van der Waals surface area contributed by atoms with E-state index in [-0.39, 0.29) is 10.9 Å². The summed E-state index contributed by atoms with van der Waals surface area (Å²) >= 11 is 0. The number of fused-ring (bicyclic) bond motifs is 2. The van der Waals surface area contributed by atoms with Gasteiger partial charge in [-0.3, -0.25) is 4.79 Å². The highest BCUT2D eigenvalue weighted by molar-refractivity contribution is 5.92. The summed E-state index contributed by atoms with van der Waals surface area (Å²) in [6, 6.07) is 1.56. The summed E-state index contributed by atoms with van der Waals surface area (Å²) in [5.41, 5.74) is -0.496. The van der Waals surface area contributed by atoms with Crippen molar-refractivity contribution in [3.05, 3.63) is 28.0 Å². The number of carboxylic acids is 1. The minimum atomic E-state index is -1.26.